The number of benzene rings is 1. The molecule has 1 N–H and O–H groups in total. The largest absolute Gasteiger partial charge is 0.493 e. The van der Waals surface area contributed by atoms with E-state index in [0.29, 0.717) is 17.9 Å². The number of ether oxygens (including phenoxy) is 1. The van der Waals surface area contributed by atoms with Gasteiger partial charge in [-0.3, -0.25) is 0 Å². The molecule has 1 rings (SSSR count). The zero-order valence-corrected chi connectivity index (χ0v) is 7.75. The van der Waals surface area contributed by atoms with Crippen LogP contribution in [0.15, 0.2) is 18.2 Å². The third-order valence-electron chi connectivity index (χ3n) is 1.73. The van der Waals surface area contributed by atoms with Crippen molar-refractivity contribution in [2.24, 2.45) is 0 Å². The van der Waals surface area contributed by atoms with Crippen molar-refractivity contribution in [2.45, 2.75) is 20.0 Å². The summed E-state index contributed by atoms with van der Waals surface area (Å²) in [6.45, 7) is 3.90. The van der Waals surface area contributed by atoms with E-state index in [4.69, 9.17) is 4.74 Å². The second-order valence-electron chi connectivity index (χ2n) is 2.79. The molecule has 0 aliphatic heterocycles. The average Bonchev–Trinajstić information content (AvgIpc) is 2.04. The van der Waals surface area contributed by atoms with Crippen molar-refractivity contribution in [2.75, 3.05) is 6.61 Å². The molecule has 1 aromatic carbocycles. The van der Waals surface area contributed by atoms with Crippen LogP contribution in [0.4, 0.5) is 4.39 Å². The van der Waals surface area contributed by atoms with Gasteiger partial charge < -0.3 is 9.84 Å². The van der Waals surface area contributed by atoms with Gasteiger partial charge >= 0.3 is 0 Å². The first kappa shape index (κ1) is 9.99. The molecule has 0 aliphatic carbocycles. The fourth-order valence-corrected chi connectivity index (χ4v) is 1.13. The van der Waals surface area contributed by atoms with Crippen molar-refractivity contribution in [1.82, 2.24) is 0 Å². The smallest absolute Gasteiger partial charge is 0.127 e. The van der Waals surface area contributed by atoms with E-state index in [2.05, 4.69) is 0 Å². The molecule has 0 radical (unpaired) electrons. The third-order valence-corrected chi connectivity index (χ3v) is 1.73. The topological polar surface area (TPSA) is 29.5 Å². The van der Waals surface area contributed by atoms with Gasteiger partial charge in [0.05, 0.1) is 12.7 Å². The van der Waals surface area contributed by atoms with Gasteiger partial charge in [-0.2, -0.15) is 0 Å². The van der Waals surface area contributed by atoms with E-state index in [0.717, 1.165) is 0 Å². The Hall–Kier alpha value is -1.09. The Balaban J connectivity index is 3.03. The van der Waals surface area contributed by atoms with Gasteiger partial charge in [0.15, 0.2) is 0 Å². The maximum Gasteiger partial charge on any atom is 0.127 e. The molecule has 0 bridgehead atoms. The predicted molar refractivity (Wildman–Crippen MR) is 48.2 cm³/mol. The van der Waals surface area contributed by atoms with Crippen LogP contribution < -0.4 is 4.74 Å². The minimum absolute atomic E-state index is 0.354. The minimum Gasteiger partial charge on any atom is -0.493 e. The number of halogens is 1. The Kier molecular flexibility index (Phi) is 3.25. The highest BCUT2D eigenvalue weighted by Gasteiger charge is 2.09. The van der Waals surface area contributed by atoms with Crippen LogP contribution in [0.1, 0.15) is 25.5 Å². The van der Waals surface area contributed by atoms with Crippen molar-refractivity contribution in [1.29, 1.82) is 0 Å². The Morgan fingerprint density at radius 3 is 2.77 bits per heavy atom. The Labute approximate surface area is 77.0 Å². The van der Waals surface area contributed by atoms with Crippen molar-refractivity contribution in [3.63, 3.8) is 0 Å². The molecule has 0 amide bonds. The van der Waals surface area contributed by atoms with E-state index in [1.54, 1.807) is 6.92 Å². The Morgan fingerprint density at radius 1 is 1.54 bits per heavy atom. The summed E-state index contributed by atoms with van der Waals surface area (Å²) in [5.74, 6) is 0.0605. The maximum absolute atomic E-state index is 12.8. The normalized spacial score (nSPS) is 12.6. The molecule has 0 fully saturated rings. The van der Waals surface area contributed by atoms with Crippen LogP contribution in [-0.2, 0) is 0 Å². The minimum atomic E-state index is -0.637. The second kappa shape index (κ2) is 4.23. The van der Waals surface area contributed by atoms with Crippen LogP contribution in [-0.4, -0.2) is 11.7 Å². The average molecular weight is 184 g/mol. The fraction of sp³-hybridized carbons (Fsp3) is 0.400. The standard InChI is InChI=1S/C10H13FO2/c1-3-13-10-6-8(11)4-5-9(10)7(2)12/h4-7,12H,3H2,1-2H3. The highest BCUT2D eigenvalue weighted by Crippen LogP contribution is 2.25. The summed E-state index contributed by atoms with van der Waals surface area (Å²) in [5, 5.41) is 9.32. The first-order chi connectivity index (χ1) is 6.15. The van der Waals surface area contributed by atoms with E-state index in [1.807, 2.05) is 6.92 Å². The van der Waals surface area contributed by atoms with Crippen LogP contribution in [0.5, 0.6) is 5.75 Å². The van der Waals surface area contributed by atoms with Gasteiger partial charge in [0.1, 0.15) is 11.6 Å². The highest BCUT2D eigenvalue weighted by atomic mass is 19.1. The summed E-state index contributed by atoms with van der Waals surface area (Å²) >= 11 is 0. The van der Waals surface area contributed by atoms with Gasteiger partial charge in [0.2, 0.25) is 0 Å². The zero-order chi connectivity index (χ0) is 9.84. The van der Waals surface area contributed by atoms with Gasteiger partial charge in [0.25, 0.3) is 0 Å². The number of hydrogen-bond acceptors (Lipinski definition) is 2. The number of aliphatic hydroxyl groups excluding tert-OH is 1. The first-order valence-corrected chi connectivity index (χ1v) is 4.25. The zero-order valence-electron chi connectivity index (χ0n) is 7.75. The lowest BCUT2D eigenvalue weighted by atomic mass is 10.1. The molecular weight excluding hydrogens is 171 g/mol. The van der Waals surface area contributed by atoms with Crippen molar-refractivity contribution >= 4 is 0 Å². The van der Waals surface area contributed by atoms with Crippen LogP contribution in [0.2, 0.25) is 0 Å². The van der Waals surface area contributed by atoms with E-state index in [1.165, 1.54) is 18.2 Å². The molecule has 3 heteroatoms. The van der Waals surface area contributed by atoms with Crippen LogP contribution in [0, 0.1) is 5.82 Å². The Bertz CT molecular complexity index is 284. The van der Waals surface area contributed by atoms with Gasteiger partial charge in [-0.25, -0.2) is 4.39 Å². The lowest BCUT2D eigenvalue weighted by molar-refractivity contribution is 0.192. The lowest BCUT2D eigenvalue weighted by Crippen LogP contribution is -2.00. The van der Waals surface area contributed by atoms with Gasteiger partial charge in [0, 0.05) is 11.6 Å². The van der Waals surface area contributed by atoms with Gasteiger partial charge in [-0.05, 0) is 26.0 Å². The van der Waals surface area contributed by atoms with E-state index in [9.17, 15) is 9.50 Å². The molecule has 0 saturated heterocycles. The molecule has 1 atom stereocenters. The van der Waals surface area contributed by atoms with Crippen molar-refractivity contribution in [3.05, 3.63) is 29.6 Å². The molecule has 0 aliphatic rings. The molecule has 72 valence electrons. The molecule has 0 saturated carbocycles. The molecule has 2 nitrogen and oxygen atoms in total. The maximum atomic E-state index is 12.8. The molecule has 1 aromatic rings. The Morgan fingerprint density at radius 2 is 2.23 bits per heavy atom. The van der Waals surface area contributed by atoms with Crippen LogP contribution >= 0.6 is 0 Å². The summed E-state index contributed by atoms with van der Waals surface area (Å²) in [4.78, 5) is 0. The second-order valence-corrected chi connectivity index (χ2v) is 2.79. The van der Waals surface area contributed by atoms with Gasteiger partial charge in [-0.1, -0.05) is 0 Å². The summed E-state index contributed by atoms with van der Waals surface area (Å²) in [5.41, 5.74) is 0.614. The lowest BCUT2D eigenvalue weighted by Gasteiger charge is -2.11. The van der Waals surface area contributed by atoms with E-state index >= 15 is 0 Å². The summed E-state index contributed by atoms with van der Waals surface area (Å²) in [6, 6.07) is 4.13. The van der Waals surface area contributed by atoms with E-state index in [-0.39, 0.29) is 5.82 Å². The third kappa shape index (κ3) is 2.42. The van der Waals surface area contributed by atoms with Crippen LogP contribution in [0.25, 0.3) is 0 Å². The van der Waals surface area contributed by atoms with Gasteiger partial charge in [-0.15, -0.1) is 0 Å². The van der Waals surface area contributed by atoms with Crippen molar-refractivity contribution < 1.29 is 14.2 Å². The number of aliphatic hydroxyl groups is 1. The van der Waals surface area contributed by atoms with Crippen LogP contribution in [0.3, 0.4) is 0 Å². The SMILES string of the molecule is CCOc1cc(F)ccc1C(C)O. The first-order valence-electron chi connectivity index (χ1n) is 4.25. The molecule has 0 aromatic heterocycles. The molecular formula is C10H13FO2. The number of hydrogen-bond donors (Lipinski definition) is 1. The molecule has 0 spiro atoms. The monoisotopic (exact) mass is 184 g/mol. The molecule has 13 heavy (non-hydrogen) atoms. The number of rotatable bonds is 3. The van der Waals surface area contributed by atoms with E-state index < -0.39 is 6.10 Å². The summed E-state index contributed by atoms with van der Waals surface area (Å²) < 4.78 is 18.0. The highest BCUT2D eigenvalue weighted by molar-refractivity contribution is 5.35. The van der Waals surface area contributed by atoms with Crippen molar-refractivity contribution in [3.8, 4) is 5.75 Å². The molecule has 0 heterocycles. The summed E-state index contributed by atoms with van der Waals surface area (Å²) in [6.07, 6.45) is -0.637. The quantitative estimate of drug-likeness (QED) is 0.780. The molecule has 1 unspecified atom stereocenters. The fourth-order valence-electron chi connectivity index (χ4n) is 1.13. The summed E-state index contributed by atoms with van der Waals surface area (Å²) in [7, 11) is 0. The predicted octanol–water partition coefficient (Wildman–Crippen LogP) is 2.28.